The van der Waals surface area contributed by atoms with Gasteiger partial charge in [-0.1, -0.05) is 12.8 Å². The van der Waals surface area contributed by atoms with Gasteiger partial charge >= 0.3 is 0 Å². The Bertz CT molecular complexity index is 469. The van der Waals surface area contributed by atoms with Crippen molar-refractivity contribution in [2.75, 3.05) is 6.54 Å². The van der Waals surface area contributed by atoms with Crippen LogP contribution in [0.1, 0.15) is 71.1 Å². The molecule has 0 saturated heterocycles. The fourth-order valence-corrected chi connectivity index (χ4v) is 4.43. The van der Waals surface area contributed by atoms with Gasteiger partial charge in [0.15, 0.2) is 0 Å². The summed E-state index contributed by atoms with van der Waals surface area (Å²) in [6, 6.07) is 0.256. The minimum atomic E-state index is -0.232. The quantitative estimate of drug-likeness (QED) is 0.670. The first-order valence-electron chi connectivity index (χ1n) is 9.84. The predicted octanol–water partition coefficient (Wildman–Crippen LogP) is 2.52. The summed E-state index contributed by atoms with van der Waals surface area (Å²) in [6.45, 7) is 2.59. The summed E-state index contributed by atoms with van der Waals surface area (Å²) in [5, 5.41) is 6.44. The van der Waals surface area contributed by atoms with E-state index >= 15 is 0 Å². The Morgan fingerprint density at radius 1 is 0.920 bits per heavy atom. The molecule has 0 radical (unpaired) electrons. The van der Waals surface area contributed by atoms with Gasteiger partial charge < -0.3 is 16.4 Å². The highest BCUT2D eigenvalue weighted by molar-refractivity contribution is 5.85. The lowest BCUT2D eigenvalue weighted by Gasteiger charge is -2.34. The van der Waals surface area contributed by atoms with Crippen molar-refractivity contribution in [2.45, 2.75) is 82.7 Å². The lowest BCUT2D eigenvalue weighted by atomic mass is 9.84. The van der Waals surface area contributed by atoms with Crippen molar-refractivity contribution >= 4 is 24.2 Å². The van der Waals surface area contributed by atoms with E-state index in [-0.39, 0.29) is 47.6 Å². The first kappa shape index (κ1) is 20.5. The molecule has 0 heterocycles. The zero-order chi connectivity index (χ0) is 17.2. The lowest BCUT2D eigenvalue weighted by molar-refractivity contribution is -0.128. The Kier molecular flexibility index (Phi) is 7.15. The fraction of sp³-hybridized carbons (Fsp3) is 0.895. The minimum absolute atomic E-state index is 0. The van der Waals surface area contributed by atoms with Gasteiger partial charge in [0.25, 0.3) is 0 Å². The van der Waals surface area contributed by atoms with E-state index in [1.807, 2.05) is 0 Å². The standard InChI is InChI=1S/C19H33N3O2.ClH/c1-19(12-20,15-8-9-15)22-18(24)14-6-10-16(11-7-14)21-17(23)13-4-2-3-5-13;/h13-16H,2-12,20H2,1H3,(H,21,23)(H,22,24);1H. The topological polar surface area (TPSA) is 84.2 Å². The Hall–Kier alpha value is -0.810. The lowest BCUT2D eigenvalue weighted by Crippen LogP contribution is -2.55. The van der Waals surface area contributed by atoms with Gasteiger partial charge in [0, 0.05) is 24.4 Å². The third-order valence-corrected chi connectivity index (χ3v) is 6.48. The normalized spacial score (nSPS) is 29.4. The van der Waals surface area contributed by atoms with E-state index in [4.69, 9.17) is 5.73 Å². The number of halogens is 1. The number of carbonyl (C=O) groups excluding carboxylic acids is 2. The van der Waals surface area contributed by atoms with E-state index in [0.717, 1.165) is 38.5 Å². The highest BCUT2D eigenvalue weighted by Gasteiger charge is 2.42. The molecular formula is C19H34ClN3O2. The van der Waals surface area contributed by atoms with E-state index in [1.165, 1.54) is 25.7 Å². The van der Waals surface area contributed by atoms with Crippen LogP contribution in [0, 0.1) is 17.8 Å². The van der Waals surface area contributed by atoms with Gasteiger partial charge in [-0.15, -0.1) is 12.4 Å². The molecule has 3 aliphatic carbocycles. The molecule has 2 amide bonds. The van der Waals surface area contributed by atoms with Gasteiger partial charge in [-0.25, -0.2) is 0 Å². The summed E-state index contributed by atoms with van der Waals surface area (Å²) in [5.41, 5.74) is 5.67. The average molecular weight is 372 g/mol. The number of nitrogens with two attached hydrogens (primary N) is 1. The summed E-state index contributed by atoms with van der Waals surface area (Å²) >= 11 is 0. The molecule has 0 bridgehead atoms. The smallest absolute Gasteiger partial charge is 0.223 e. The third-order valence-electron chi connectivity index (χ3n) is 6.48. The molecule has 3 saturated carbocycles. The molecular weight excluding hydrogens is 338 g/mol. The summed E-state index contributed by atoms with van der Waals surface area (Å²) in [7, 11) is 0. The fourth-order valence-electron chi connectivity index (χ4n) is 4.43. The average Bonchev–Trinajstić information content (AvgIpc) is 3.31. The molecule has 4 N–H and O–H groups in total. The van der Waals surface area contributed by atoms with Crippen molar-refractivity contribution in [3.8, 4) is 0 Å². The molecule has 0 aromatic rings. The largest absolute Gasteiger partial charge is 0.353 e. The first-order chi connectivity index (χ1) is 11.5. The van der Waals surface area contributed by atoms with Gasteiger partial charge in [0.05, 0.1) is 5.54 Å². The molecule has 144 valence electrons. The zero-order valence-electron chi connectivity index (χ0n) is 15.4. The molecule has 5 nitrogen and oxygen atoms in total. The molecule has 3 rings (SSSR count). The van der Waals surface area contributed by atoms with Crippen LogP contribution >= 0.6 is 12.4 Å². The van der Waals surface area contributed by atoms with Crippen LogP contribution in [0.4, 0.5) is 0 Å². The molecule has 3 aliphatic rings. The van der Waals surface area contributed by atoms with Crippen LogP contribution in [0.5, 0.6) is 0 Å². The van der Waals surface area contributed by atoms with Gasteiger partial charge in [0.2, 0.25) is 11.8 Å². The second-order valence-corrected chi connectivity index (χ2v) is 8.42. The molecule has 3 fully saturated rings. The van der Waals surface area contributed by atoms with Crippen molar-refractivity contribution in [3.63, 3.8) is 0 Å². The molecule has 1 unspecified atom stereocenters. The molecule has 0 aromatic carbocycles. The Morgan fingerprint density at radius 3 is 2.00 bits per heavy atom. The van der Waals surface area contributed by atoms with Crippen molar-refractivity contribution in [2.24, 2.45) is 23.5 Å². The van der Waals surface area contributed by atoms with Gasteiger partial charge in [0.1, 0.15) is 0 Å². The first-order valence-corrected chi connectivity index (χ1v) is 9.84. The Morgan fingerprint density at radius 2 is 1.48 bits per heavy atom. The number of hydrogen-bond acceptors (Lipinski definition) is 3. The molecule has 25 heavy (non-hydrogen) atoms. The summed E-state index contributed by atoms with van der Waals surface area (Å²) in [6.07, 6.45) is 10.4. The van der Waals surface area contributed by atoms with E-state index in [0.29, 0.717) is 12.5 Å². The number of carbonyl (C=O) groups is 2. The van der Waals surface area contributed by atoms with Crippen molar-refractivity contribution in [1.29, 1.82) is 0 Å². The molecule has 1 atom stereocenters. The van der Waals surface area contributed by atoms with E-state index < -0.39 is 0 Å². The number of hydrogen-bond donors (Lipinski definition) is 3. The predicted molar refractivity (Wildman–Crippen MR) is 101 cm³/mol. The summed E-state index contributed by atoms with van der Waals surface area (Å²) < 4.78 is 0. The molecule has 0 spiro atoms. The second kappa shape index (κ2) is 8.72. The number of nitrogens with one attached hydrogen (secondary N) is 2. The summed E-state index contributed by atoms with van der Waals surface area (Å²) in [5.74, 6) is 1.26. The van der Waals surface area contributed by atoms with Crippen LogP contribution in [-0.4, -0.2) is 29.9 Å². The summed E-state index contributed by atoms with van der Waals surface area (Å²) in [4.78, 5) is 24.8. The van der Waals surface area contributed by atoms with Crippen molar-refractivity contribution in [1.82, 2.24) is 10.6 Å². The monoisotopic (exact) mass is 371 g/mol. The molecule has 0 aromatic heterocycles. The van der Waals surface area contributed by atoms with E-state index in [9.17, 15) is 9.59 Å². The van der Waals surface area contributed by atoms with Crippen LogP contribution in [-0.2, 0) is 9.59 Å². The maximum atomic E-state index is 12.6. The number of amides is 2. The second-order valence-electron chi connectivity index (χ2n) is 8.42. The van der Waals surface area contributed by atoms with Crippen LogP contribution in [0.15, 0.2) is 0 Å². The molecule has 6 heteroatoms. The third kappa shape index (κ3) is 5.10. The maximum absolute atomic E-state index is 12.6. The zero-order valence-corrected chi connectivity index (χ0v) is 16.2. The van der Waals surface area contributed by atoms with Crippen molar-refractivity contribution < 1.29 is 9.59 Å². The van der Waals surface area contributed by atoms with Gasteiger partial charge in [-0.05, 0) is 64.2 Å². The van der Waals surface area contributed by atoms with Crippen LogP contribution in [0.3, 0.4) is 0 Å². The SMILES string of the molecule is CC(CN)(NC(=O)C1CCC(NC(=O)C2CCCC2)CC1)C1CC1.Cl. The highest BCUT2D eigenvalue weighted by Crippen LogP contribution is 2.39. The van der Waals surface area contributed by atoms with Crippen molar-refractivity contribution in [3.05, 3.63) is 0 Å². The van der Waals surface area contributed by atoms with E-state index in [1.54, 1.807) is 0 Å². The maximum Gasteiger partial charge on any atom is 0.223 e. The van der Waals surface area contributed by atoms with Crippen LogP contribution in [0.25, 0.3) is 0 Å². The molecule has 0 aliphatic heterocycles. The van der Waals surface area contributed by atoms with E-state index in [2.05, 4.69) is 17.6 Å². The highest BCUT2D eigenvalue weighted by atomic mass is 35.5. The minimum Gasteiger partial charge on any atom is -0.353 e. The van der Waals surface area contributed by atoms with Crippen LogP contribution in [0.2, 0.25) is 0 Å². The van der Waals surface area contributed by atoms with Gasteiger partial charge in [-0.3, -0.25) is 9.59 Å². The van der Waals surface area contributed by atoms with Gasteiger partial charge in [-0.2, -0.15) is 0 Å². The van der Waals surface area contributed by atoms with Crippen LogP contribution < -0.4 is 16.4 Å². The Labute approximate surface area is 157 Å². The number of rotatable bonds is 6. The Balaban J connectivity index is 0.00000225.